The van der Waals surface area contributed by atoms with Crippen LogP contribution in [0.3, 0.4) is 0 Å². The highest BCUT2D eigenvalue weighted by molar-refractivity contribution is 6.04. The standard InChI is InChI=1S/C14H12F2N2O/c1-8-2-3-9(6-13(8)17)14(19)18-10-4-5-11(15)12(16)7-10/h2-7H,17H2,1H3,(H,18,19). The number of carbonyl (C=O) groups excluding carboxylic acids is 1. The second-order valence-corrected chi connectivity index (χ2v) is 4.15. The first-order valence-corrected chi connectivity index (χ1v) is 5.60. The lowest BCUT2D eigenvalue weighted by molar-refractivity contribution is 0.102. The summed E-state index contributed by atoms with van der Waals surface area (Å²) in [5.41, 5.74) is 7.61. The predicted molar refractivity (Wildman–Crippen MR) is 69.9 cm³/mol. The summed E-state index contributed by atoms with van der Waals surface area (Å²) in [6.07, 6.45) is 0. The molecule has 0 atom stereocenters. The molecular weight excluding hydrogens is 250 g/mol. The van der Waals surface area contributed by atoms with Gasteiger partial charge in [-0.3, -0.25) is 4.79 Å². The zero-order chi connectivity index (χ0) is 14.0. The van der Waals surface area contributed by atoms with Crippen molar-refractivity contribution in [3.8, 4) is 0 Å². The van der Waals surface area contributed by atoms with Crippen molar-refractivity contribution in [3.05, 3.63) is 59.2 Å². The second-order valence-electron chi connectivity index (χ2n) is 4.15. The number of aryl methyl sites for hydroxylation is 1. The maximum atomic E-state index is 13.0. The van der Waals surface area contributed by atoms with Gasteiger partial charge in [-0.05, 0) is 36.8 Å². The van der Waals surface area contributed by atoms with Gasteiger partial charge in [0, 0.05) is 23.0 Å². The Hall–Kier alpha value is -2.43. The molecule has 0 aliphatic rings. The first-order chi connectivity index (χ1) is 8.97. The van der Waals surface area contributed by atoms with Gasteiger partial charge in [-0.25, -0.2) is 8.78 Å². The zero-order valence-corrected chi connectivity index (χ0v) is 10.2. The molecule has 5 heteroatoms. The molecule has 0 saturated heterocycles. The fourth-order valence-corrected chi connectivity index (χ4v) is 1.56. The molecule has 0 heterocycles. The molecule has 0 aliphatic carbocycles. The highest BCUT2D eigenvalue weighted by atomic mass is 19.2. The minimum absolute atomic E-state index is 0.183. The number of amides is 1. The fourth-order valence-electron chi connectivity index (χ4n) is 1.56. The first-order valence-electron chi connectivity index (χ1n) is 5.60. The molecule has 98 valence electrons. The van der Waals surface area contributed by atoms with Crippen LogP contribution in [0.15, 0.2) is 36.4 Å². The molecule has 2 aromatic rings. The van der Waals surface area contributed by atoms with Crippen LogP contribution in [0.4, 0.5) is 20.2 Å². The van der Waals surface area contributed by atoms with E-state index in [9.17, 15) is 13.6 Å². The van der Waals surface area contributed by atoms with E-state index in [1.54, 1.807) is 12.1 Å². The van der Waals surface area contributed by atoms with Crippen LogP contribution in [0.5, 0.6) is 0 Å². The van der Waals surface area contributed by atoms with Crippen LogP contribution in [0.2, 0.25) is 0 Å². The van der Waals surface area contributed by atoms with Crippen molar-refractivity contribution in [3.63, 3.8) is 0 Å². The molecule has 0 aliphatic heterocycles. The number of nitrogen functional groups attached to an aromatic ring is 1. The number of nitrogens with two attached hydrogens (primary N) is 1. The minimum atomic E-state index is -1.01. The van der Waals surface area contributed by atoms with Crippen molar-refractivity contribution in [2.75, 3.05) is 11.1 Å². The van der Waals surface area contributed by atoms with Crippen LogP contribution >= 0.6 is 0 Å². The largest absolute Gasteiger partial charge is 0.398 e. The summed E-state index contributed by atoms with van der Waals surface area (Å²) < 4.78 is 25.8. The number of nitrogens with one attached hydrogen (secondary N) is 1. The summed E-state index contributed by atoms with van der Waals surface area (Å²) in [5.74, 6) is -2.41. The topological polar surface area (TPSA) is 55.1 Å². The SMILES string of the molecule is Cc1ccc(C(=O)Nc2ccc(F)c(F)c2)cc1N. The summed E-state index contributed by atoms with van der Waals surface area (Å²) in [7, 11) is 0. The highest BCUT2D eigenvalue weighted by Gasteiger charge is 2.09. The summed E-state index contributed by atoms with van der Waals surface area (Å²) in [5, 5.41) is 2.47. The number of anilines is 2. The second kappa shape index (κ2) is 5.06. The van der Waals surface area contributed by atoms with Gasteiger partial charge in [0.15, 0.2) is 11.6 Å². The molecule has 0 saturated carbocycles. The molecule has 3 N–H and O–H groups in total. The van der Waals surface area contributed by atoms with Crippen molar-refractivity contribution >= 4 is 17.3 Å². The van der Waals surface area contributed by atoms with Gasteiger partial charge < -0.3 is 11.1 Å². The predicted octanol–water partition coefficient (Wildman–Crippen LogP) is 3.11. The molecular formula is C14H12F2N2O. The summed E-state index contributed by atoms with van der Waals surface area (Å²) in [6, 6.07) is 8.02. The Labute approximate surface area is 109 Å². The van der Waals surface area contributed by atoms with Gasteiger partial charge >= 0.3 is 0 Å². The molecule has 0 unspecified atom stereocenters. The molecule has 1 amide bonds. The van der Waals surface area contributed by atoms with E-state index in [1.165, 1.54) is 12.1 Å². The van der Waals surface area contributed by atoms with Gasteiger partial charge in [-0.15, -0.1) is 0 Å². The van der Waals surface area contributed by atoms with Crippen molar-refractivity contribution < 1.29 is 13.6 Å². The molecule has 0 radical (unpaired) electrons. The Morgan fingerprint density at radius 2 is 1.84 bits per heavy atom. The van der Waals surface area contributed by atoms with Gasteiger partial charge in [0.2, 0.25) is 0 Å². The van der Waals surface area contributed by atoms with E-state index in [-0.39, 0.29) is 5.69 Å². The van der Waals surface area contributed by atoms with E-state index < -0.39 is 17.5 Å². The zero-order valence-electron chi connectivity index (χ0n) is 10.2. The molecule has 0 spiro atoms. The summed E-state index contributed by atoms with van der Waals surface area (Å²) >= 11 is 0. The summed E-state index contributed by atoms with van der Waals surface area (Å²) in [4.78, 5) is 11.9. The highest BCUT2D eigenvalue weighted by Crippen LogP contribution is 2.16. The molecule has 0 bridgehead atoms. The lowest BCUT2D eigenvalue weighted by atomic mass is 10.1. The Bertz CT molecular complexity index is 641. The number of hydrogen-bond acceptors (Lipinski definition) is 2. The number of carbonyl (C=O) groups is 1. The van der Waals surface area contributed by atoms with Crippen molar-refractivity contribution in [1.29, 1.82) is 0 Å². The van der Waals surface area contributed by atoms with Crippen LogP contribution in [0.1, 0.15) is 15.9 Å². The third kappa shape index (κ3) is 2.88. The molecule has 0 fully saturated rings. The average Bonchev–Trinajstić information content (AvgIpc) is 2.37. The van der Waals surface area contributed by atoms with Gasteiger partial charge in [0.05, 0.1) is 0 Å². The quantitative estimate of drug-likeness (QED) is 0.817. The van der Waals surface area contributed by atoms with Crippen molar-refractivity contribution in [1.82, 2.24) is 0 Å². The normalized spacial score (nSPS) is 10.3. The smallest absolute Gasteiger partial charge is 0.255 e. The van der Waals surface area contributed by atoms with E-state index in [4.69, 9.17) is 5.73 Å². The monoisotopic (exact) mass is 262 g/mol. The number of benzene rings is 2. The van der Waals surface area contributed by atoms with E-state index >= 15 is 0 Å². The van der Waals surface area contributed by atoms with Crippen LogP contribution in [-0.4, -0.2) is 5.91 Å². The van der Waals surface area contributed by atoms with E-state index in [0.717, 1.165) is 17.7 Å². The molecule has 2 aromatic carbocycles. The Kier molecular flexibility index (Phi) is 3.46. The van der Waals surface area contributed by atoms with Crippen LogP contribution in [-0.2, 0) is 0 Å². The molecule has 2 rings (SSSR count). The first kappa shape index (κ1) is 13.0. The lowest BCUT2D eigenvalue weighted by Crippen LogP contribution is -2.12. The fraction of sp³-hybridized carbons (Fsp3) is 0.0714. The van der Waals surface area contributed by atoms with Gasteiger partial charge in [-0.2, -0.15) is 0 Å². The van der Waals surface area contributed by atoms with E-state index in [1.807, 2.05) is 6.92 Å². The van der Waals surface area contributed by atoms with Gasteiger partial charge in [0.1, 0.15) is 0 Å². The van der Waals surface area contributed by atoms with E-state index in [0.29, 0.717) is 11.3 Å². The Morgan fingerprint density at radius 1 is 1.11 bits per heavy atom. The maximum absolute atomic E-state index is 13.0. The lowest BCUT2D eigenvalue weighted by Gasteiger charge is -2.07. The van der Waals surface area contributed by atoms with Crippen molar-refractivity contribution in [2.24, 2.45) is 0 Å². The Balaban J connectivity index is 2.20. The summed E-state index contributed by atoms with van der Waals surface area (Å²) in [6.45, 7) is 1.83. The van der Waals surface area contributed by atoms with Crippen LogP contribution < -0.4 is 11.1 Å². The third-order valence-electron chi connectivity index (χ3n) is 2.72. The van der Waals surface area contributed by atoms with Gasteiger partial charge in [0.25, 0.3) is 5.91 Å². The average molecular weight is 262 g/mol. The number of rotatable bonds is 2. The number of hydrogen-bond donors (Lipinski definition) is 2. The number of halogens is 2. The third-order valence-corrected chi connectivity index (χ3v) is 2.72. The van der Waals surface area contributed by atoms with E-state index in [2.05, 4.69) is 5.32 Å². The van der Waals surface area contributed by atoms with Crippen LogP contribution in [0, 0.1) is 18.6 Å². The molecule has 0 aromatic heterocycles. The van der Waals surface area contributed by atoms with Gasteiger partial charge in [-0.1, -0.05) is 6.07 Å². The molecule has 3 nitrogen and oxygen atoms in total. The van der Waals surface area contributed by atoms with Crippen LogP contribution in [0.25, 0.3) is 0 Å². The van der Waals surface area contributed by atoms with Crippen molar-refractivity contribution in [2.45, 2.75) is 6.92 Å². The Morgan fingerprint density at radius 3 is 2.47 bits per heavy atom. The maximum Gasteiger partial charge on any atom is 0.255 e. The molecule has 19 heavy (non-hydrogen) atoms. The minimum Gasteiger partial charge on any atom is -0.398 e.